The van der Waals surface area contributed by atoms with Crippen molar-refractivity contribution < 1.29 is 14.4 Å². The first-order valence-electron chi connectivity index (χ1n) is 10.8. The van der Waals surface area contributed by atoms with E-state index in [2.05, 4.69) is 10.6 Å². The normalized spacial score (nSPS) is 13.6. The van der Waals surface area contributed by atoms with Gasteiger partial charge in [-0.2, -0.15) is 0 Å². The quantitative estimate of drug-likeness (QED) is 0.286. The molecule has 3 unspecified atom stereocenters. The molecule has 0 radical (unpaired) electrons. The second-order valence-corrected chi connectivity index (χ2v) is 7.80. The molecule has 3 amide bonds. The van der Waals surface area contributed by atoms with Crippen molar-refractivity contribution in [2.24, 2.45) is 17.2 Å². The fraction of sp³-hybridized carbons (Fsp3) is 0.375. The van der Waals surface area contributed by atoms with Gasteiger partial charge < -0.3 is 27.8 Å². The van der Waals surface area contributed by atoms with Gasteiger partial charge in [0.1, 0.15) is 12.1 Å². The zero-order valence-corrected chi connectivity index (χ0v) is 18.2. The Hall–Kier alpha value is -3.23. The van der Waals surface area contributed by atoms with Crippen LogP contribution in [0.25, 0.3) is 0 Å². The van der Waals surface area contributed by atoms with Gasteiger partial charge in [0.15, 0.2) is 0 Å². The number of carbonyl (C=O) groups is 3. The molecule has 8 N–H and O–H groups in total. The van der Waals surface area contributed by atoms with Gasteiger partial charge in [-0.3, -0.25) is 14.4 Å². The number of rotatable bonds is 13. The molecule has 0 spiro atoms. The molecular weight excluding hydrogens is 406 g/mol. The van der Waals surface area contributed by atoms with E-state index < -0.39 is 35.8 Å². The minimum absolute atomic E-state index is 0.255. The number of unbranched alkanes of at least 4 members (excludes halogenated alkanes) is 1. The summed E-state index contributed by atoms with van der Waals surface area (Å²) in [4.78, 5) is 37.7. The third kappa shape index (κ3) is 8.49. The third-order valence-corrected chi connectivity index (χ3v) is 5.16. The predicted octanol–water partition coefficient (Wildman–Crippen LogP) is 0.383. The summed E-state index contributed by atoms with van der Waals surface area (Å²) in [6.45, 7) is 0.531. The summed E-state index contributed by atoms with van der Waals surface area (Å²) in [5.41, 5.74) is 18.7. The SMILES string of the molecule is NCCCCC(N)C(=O)NC(Cc1ccccc1)C(=O)NC(Cc1ccccc1)C(N)=O. The van der Waals surface area contributed by atoms with Gasteiger partial charge in [0.05, 0.1) is 6.04 Å². The molecule has 8 nitrogen and oxygen atoms in total. The largest absolute Gasteiger partial charge is 0.368 e. The number of primary amides is 1. The van der Waals surface area contributed by atoms with Crippen LogP contribution in [0, 0.1) is 0 Å². The van der Waals surface area contributed by atoms with Crippen LogP contribution in [0.15, 0.2) is 60.7 Å². The minimum Gasteiger partial charge on any atom is -0.368 e. The number of nitrogens with two attached hydrogens (primary N) is 3. The van der Waals surface area contributed by atoms with Crippen LogP contribution in [0.5, 0.6) is 0 Å². The Bertz CT molecular complexity index is 860. The lowest BCUT2D eigenvalue weighted by Gasteiger charge is -2.23. The number of hydrogen-bond acceptors (Lipinski definition) is 5. The molecule has 0 saturated carbocycles. The van der Waals surface area contributed by atoms with Gasteiger partial charge in [0, 0.05) is 12.8 Å². The highest BCUT2D eigenvalue weighted by Gasteiger charge is 2.27. The number of nitrogens with one attached hydrogen (secondary N) is 2. The molecular formula is C24H33N5O3. The summed E-state index contributed by atoms with van der Waals surface area (Å²) >= 11 is 0. The molecule has 2 rings (SSSR count). The molecule has 3 atom stereocenters. The molecule has 2 aromatic rings. The Labute approximate surface area is 188 Å². The Morgan fingerprint density at radius 3 is 1.75 bits per heavy atom. The molecule has 8 heteroatoms. The van der Waals surface area contributed by atoms with Crippen molar-refractivity contribution in [3.8, 4) is 0 Å². The lowest BCUT2D eigenvalue weighted by molar-refractivity contribution is -0.131. The van der Waals surface area contributed by atoms with Crippen LogP contribution in [-0.4, -0.2) is 42.4 Å². The maximum absolute atomic E-state index is 13.1. The van der Waals surface area contributed by atoms with E-state index in [9.17, 15) is 14.4 Å². The monoisotopic (exact) mass is 439 g/mol. The van der Waals surface area contributed by atoms with Gasteiger partial charge in [-0.1, -0.05) is 67.1 Å². The van der Waals surface area contributed by atoms with Crippen LogP contribution >= 0.6 is 0 Å². The molecule has 0 aliphatic rings. The van der Waals surface area contributed by atoms with Crippen LogP contribution in [0.1, 0.15) is 30.4 Å². The van der Waals surface area contributed by atoms with Gasteiger partial charge in [-0.15, -0.1) is 0 Å². The number of benzene rings is 2. The summed E-state index contributed by atoms with van der Waals surface area (Å²) in [5, 5.41) is 5.44. The lowest BCUT2D eigenvalue weighted by Crippen LogP contribution is -2.56. The van der Waals surface area contributed by atoms with Crippen molar-refractivity contribution in [2.75, 3.05) is 6.54 Å². The standard InChI is InChI=1S/C24H33N5O3/c25-14-8-7-13-19(26)23(31)29-21(16-18-11-5-2-6-12-18)24(32)28-20(22(27)30)15-17-9-3-1-4-10-17/h1-6,9-12,19-21H,7-8,13-16,25-26H2,(H2,27,30)(H,28,32)(H,29,31). The maximum atomic E-state index is 13.1. The van der Waals surface area contributed by atoms with E-state index in [-0.39, 0.29) is 12.8 Å². The zero-order chi connectivity index (χ0) is 23.3. The van der Waals surface area contributed by atoms with E-state index in [0.29, 0.717) is 13.0 Å². The van der Waals surface area contributed by atoms with Gasteiger partial charge in [0.2, 0.25) is 17.7 Å². The van der Waals surface area contributed by atoms with Crippen molar-refractivity contribution in [1.82, 2.24) is 10.6 Å². The Morgan fingerprint density at radius 1 is 0.750 bits per heavy atom. The second-order valence-electron chi connectivity index (χ2n) is 7.80. The van der Waals surface area contributed by atoms with Crippen LogP contribution in [0.2, 0.25) is 0 Å². The maximum Gasteiger partial charge on any atom is 0.243 e. The summed E-state index contributed by atoms with van der Waals surface area (Å²) in [7, 11) is 0. The van der Waals surface area contributed by atoms with Crippen molar-refractivity contribution in [3.05, 3.63) is 71.8 Å². The van der Waals surface area contributed by atoms with Gasteiger partial charge in [-0.05, 0) is 30.5 Å². The molecule has 0 aliphatic carbocycles. The number of carbonyl (C=O) groups excluding carboxylic acids is 3. The highest BCUT2D eigenvalue weighted by Crippen LogP contribution is 2.07. The average Bonchev–Trinajstić information content (AvgIpc) is 2.79. The van der Waals surface area contributed by atoms with Crippen molar-refractivity contribution in [1.29, 1.82) is 0 Å². The average molecular weight is 440 g/mol. The molecule has 0 aromatic heterocycles. The minimum atomic E-state index is -0.904. The topological polar surface area (TPSA) is 153 Å². The summed E-state index contributed by atoms with van der Waals surface area (Å²) < 4.78 is 0. The van der Waals surface area contributed by atoms with Crippen LogP contribution < -0.4 is 27.8 Å². The third-order valence-electron chi connectivity index (χ3n) is 5.16. The van der Waals surface area contributed by atoms with E-state index in [4.69, 9.17) is 17.2 Å². The molecule has 0 heterocycles. The van der Waals surface area contributed by atoms with Gasteiger partial charge in [0.25, 0.3) is 0 Å². The first-order chi connectivity index (χ1) is 15.4. The fourth-order valence-electron chi connectivity index (χ4n) is 3.32. The zero-order valence-electron chi connectivity index (χ0n) is 18.2. The van der Waals surface area contributed by atoms with E-state index >= 15 is 0 Å². The van der Waals surface area contributed by atoms with Crippen molar-refractivity contribution in [3.63, 3.8) is 0 Å². The van der Waals surface area contributed by atoms with Crippen LogP contribution in [-0.2, 0) is 27.2 Å². The van der Waals surface area contributed by atoms with E-state index in [1.54, 1.807) is 0 Å². The Morgan fingerprint density at radius 2 is 1.25 bits per heavy atom. The molecule has 0 saturated heterocycles. The van der Waals surface area contributed by atoms with Gasteiger partial charge >= 0.3 is 0 Å². The molecule has 2 aromatic carbocycles. The van der Waals surface area contributed by atoms with Gasteiger partial charge in [-0.25, -0.2) is 0 Å². The molecule has 0 fully saturated rings. The number of hydrogen-bond donors (Lipinski definition) is 5. The van der Waals surface area contributed by atoms with E-state index in [0.717, 1.165) is 24.0 Å². The summed E-state index contributed by atoms with van der Waals surface area (Å²) in [5.74, 6) is -1.56. The number of amides is 3. The summed E-state index contributed by atoms with van der Waals surface area (Å²) in [6, 6.07) is 16.0. The first kappa shape index (κ1) is 25.0. The molecule has 0 bridgehead atoms. The Kier molecular flexibility index (Phi) is 10.4. The lowest BCUT2D eigenvalue weighted by atomic mass is 10.0. The molecule has 172 valence electrons. The van der Waals surface area contributed by atoms with Crippen molar-refractivity contribution in [2.45, 2.75) is 50.2 Å². The van der Waals surface area contributed by atoms with E-state index in [1.165, 1.54) is 0 Å². The van der Waals surface area contributed by atoms with Crippen LogP contribution in [0.4, 0.5) is 0 Å². The van der Waals surface area contributed by atoms with Crippen molar-refractivity contribution >= 4 is 17.7 Å². The fourth-order valence-corrected chi connectivity index (χ4v) is 3.32. The highest BCUT2D eigenvalue weighted by atomic mass is 16.2. The second kappa shape index (κ2) is 13.2. The predicted molar refractivity (Wildman–Crippen MR) is 124 cm³/mol. The Balaban J connectivity index is 2.11. The molecule has 0 aliphatic heterocycles. The highest BCUT2D eigenvalue weighted by molar-refractivity contribution is 5.93. The van der Waals surface area contributed by atoms with Crippen LogP contribution in [0.3, 0.4) is 0 Å². The van der Waals surface area contributed by atoms with E-state index in [1.807, 2.05) is 60.7 Å². The molecule has 32 heavy (non-hydrogen) atoms. The summed E-state index contributed by atoms with van der Waals surface area (Å²) in [6.07, 6.45) is 2.48. The first-order valence-corrected chi connectivity index (χ1v) is 10.8. The smallest absolute Gasteiger partial charge is 0.243 e.